The second-order valence-corrected chi connectivity index (χ2v) is 5.43. The van der Waals surface area contributed by atoms with Crippen LogP contribution in [-0.2, 0) is 16.1 Å². The van der Waals surface area contributed by atoms with Crippen molar-refractivity contribution >= 4 is 11.9 Å². The van der Waals surface area contributed by atoms with Crippen LogP contribution in [0.5, 0.6) is 0 Å². The SMILES string of the molecule is Cc1noc(C)c1C(=O)O[C@@H](C)C(=O)N(C)Cc1ccccc1. The van der Waals surface area contributed by atoms with Crippen molar-refractivity contribution in [2.45, 2.75) is 33.4 Å². The Bertz CT molecular complexity index is 674. The summed E-state index contributed by atoms with van der Waals surface area (Å²) in [5, 5.41) is 3.71. The number of rotatable bonds is 5. The van der Waals surface area contributed by atoms with E-state index in [0.717, 1.165) is 5.56 Å². The topological polar surface area (TPSA) is 72.6 Å². The van der Waals surface area contributed by atoms with Crippen molar-refractivity contribution in [1.82, 2.24) is 10.1 Å². The number of aromatic nitrogens is 1. The van der Waals surface area contributed by atoms with Gasteiger partial charge >= 0.3 is 5.97 Å². The number of likely N-dealkylation sites (N-methyl/N-ethyl adjacent to an activating group) is 1. The molecule has 0 unspecified atom stereocenters. The van der Waals surface area contributed by atoms with E-state index in [9.17, 15) is 9.59 Å². The first-order valence-corrected chi connectivity index (χ1v) is 7.33. The van der Waals surface area contributed by atoms with E-state index in [4.69, 9.17) is 9.26 Å². The molecule has 122 valence electrons. The number of carbonyl (C=O) groups excluding carboxylic acids is 2. The summed E-state index contributed by atoms with van der Waals surface area (Å²) in [5.41, 5.74) is 1.73. The van der Waals surface area contributed by atoms with E-state index in [0.29, 0.717) is 18.0 Å². The Morgan fingerprint density at radius 2 is 1.91 bits per heavy atom. The first-order valence-electron chi connectivity index (χ1n) is 7.33. The predicted octanol–water partition coefficient (Wildman–Crippen LogP) is 2.50. The van der Waals surface area contributed by atoms with Gasteiger partial charge in [0.2, 0.25) is 0 Å². The quantitative estimate of drug-likeness (QED) is 0.792. The van der Waals surface area contributed by atoms with Crippen molar-refractivity contribution in [2.75, 3.05) is 7.05 Å². The largest absolute Gasteiger partial charge is 0.449 e. The van der Waals surface area contributed by atoms with Crippen LogP contribution in [0, 0.1) is 13.8 Å². The Hall–Kier alpha value is -2.63. The van der Waals surface area contributed by atoms with E-state index in [1.165, 1.54) is 4.90 Å². The number of benzene rings is 1. The molecule has 1 heterocycles. The highest BCUT2D eigenvalue weighted by atomic mass is 16.5. The molecule has 0 fully saturated rings. The Morgan fingerprint density at radius 3 is 2.48 bits per heavy atom. The molecule has 0 aliphatic carbocycles. The van der Waals surface area contributed by atoms with Crippen LogP contribution in [0.1, 0.15) is 34.3 Å². The second-order valence-electron chi connectivity index (χ2n) is 5.43. The lowest BCUT2D eigenvalue weighted by Gasteiger charge is -2.21. The van der Waals surface area contributed by atoms with Crippen LogP contribution in [0.2, 0.25) is 0 Å². The monoisotopic (exact) mass is 316 g/mol. The van der Waals surface area contributed by atoms with Crippen molar-refractivity contribution in [2.24, 2.45) is 0 Å². The molecule has 0 radical (unpaired) electrons. The number of aryl methyl sites for hydroxylation is 2. The zero-order valence-corrected chi connectivity index (χ0v) is 13.7. The van der Waals surface area contributed by atoms with E-state index in [2.05, 4.69) is 5.16 Å². The number of nitrogens with zero attached hydrogens (tertiary/aromatic N) is 2. The van der Waals surface area contributed by atoms with Gasteiger partial charge < -0.3 is 14.2 Å². The van der Waals surface area contributed by atoms with Gasteiger partial charge in [0.1, 0.15) is 11.3 Å². The van der Waals surface area contributed by atoms with Gasteiger partial charge in [-0.1, -0.05) is 35.5 Å². The van der Waals surface area contributed by atoms with Crippen LogP contribution in [0.4, 0.5) is 0 Å². The first kappa shape index (κ1) is 16.7. The minimum absolute atomic E-state index is 0.269. The zero-order valence-electron chi connectivity index (χ0n) is 13.7. The molecule has 0 aliphatic rings. The van der Waals surface area contributed by atoms with Crippen LogP contribution < -0.4 is 0 Å². The third kappa shape index (κ3) is 3.97. The van der Waals surface area contributed by atoms with E-state index in [1.807, 2.05) is 30.3 Å². The highest BCUT2D eigenvalue weighted by molar-refractivity contribution is 5.93. The lowest BCUT2D eigenvalue weighted by molar-refractivity contribution is -0.139. The van der Waals surface area contributed by atoms with Gasteiger partial charge in [0, 0.05) is 13.6 Å². The molecular weight excluding hydrogens is 296 g/mol. The van der Waals surface area contributed by atoms with Crippen molar-refractivity contribution in [3.05, 3.63) is 52.9 Å². The summed E-state index contributed by atoms with van der Waals surface area (Å²) in [6.45, 7) is 5.29. The maximum Gasteiger partial charge on any atom is 0.344 e. The maximum absolute atomic E-state index is 12.3. The van der Waals surface area contributed by atoms with Crippen LogP contribution >= 0.6 is 0 Å². The highest BCUT2D eigenvalue weighted by Gasteiger charge is 2.25. The molecule has 0 saturated heterocycles. The predicted molar refractivity (Wildman–Crippen MR) is 83.8 cm³/mol. The molecule has 0 N–H and O–H groups in total. The fraction of sp³-hybridized carbons (Fsp3) is 0.353. The van der Waals surface area contributed by atoms with E-state index < -0.39 is 12.1 Å². The molecule has 0 aliphatic heterocycles. The summed E-state index contributed by atoms with van der Waals surface area (Å²) in [4.78, 5) is 26.0. The molecule has 23 heavy (non-hydrogen) atoms. The summed E-state index contributed by atoms with van der Waals surface area (Å²) >= 11 is 0. The molecule has 2 aromatic rings. The van der Waals surface area contributed by atoms with Gasteiger partial charge in [-0.05, 0) is 26.3 Å². The van der Waals surface area contributed by atoms with Crippen molar-refractivity contribution < 1.29 is 18.8 Å². The normalized spacial score (nSPS) is 11.8. The van der Waals surface area contributed by atoms with Gasteiger partial charge in [-0.3, -0.25) is 4.79 Å². The molecule has 1 amide bonds. The molecule has 1 atom stereocenters. The minimum Gasteiger partial charge on any atom is -0.449 e. The lowest BCUT2D eigenvalue weighted by Crippen LogP contribution is -2.37. The number of esters is 1. The van der Waals surface area contributed by atoms with Gasteiger partial charge in [-0.25, -0.2) is 4.79 Å². The average Bonchev–Trinajstić information content (AvgIpc) is 2.86. The average molecular weight is 316 g/mol. The van der Waals surface area contributed by atoms with E-state index in [1.54, 1.807) is 27.8 Å². The van der Waals surface area contributed by atoms with Crippen LogP contribution in [0.3, 0.4) is 0 Å². The smallest absolute Gasteiger partial charge is 0.344 e. The Kier molecular flexibility index (Phi) is 5.16. The summed E-state index contributed by atoms with van der Waals surface area (Å²) in [6, 6.07) is 9.61. The third-order valence-electron chi connectivity index (χ3n) is 3.51. The Morgan fingerprint density at radius 1 is 1.26 bits per heavy atom. The van der Waals surface area contributed by atoms with Gasteiger partial charge in [-0.2, -0.15) is 0 Å². The number of amides is 1. The van der Waals surface area contributed by atoms with Crippen molar-refractivity contribution in [1.29, 1.82) is 0 Å². The van der Waals surface area contributed by atoms with Crippen LogP contribution in [0.25, 0.3) is 0 Å². The number of hydrogen-bond acceptors (Lipinski definition) is 5. The van der Waals surface area contributed by atoms with Gasteiger partial charge in [0.05, 0.1) is 5.69 Å². The summed E-state index contributed by atoms with van der Waals surface area (Å²) in [5.74, 6) is -0.492. The van der Waals surface area contributed by atoms with Crippen molar-refractivity contribution in [3.8, 4) is 0 Å². The van der Waals surface area contributed by atoms with Crippen LogP contribution in [0.15, 0.2) is 34.9 Å². The highest BCUT2D eigenvalue weighted by Crippen LogP contribution is 2.15. The lowest BCUT2D eigenvalue weighted by atomic mass is 10.2. The summed E-state index contributed by atoms with van der Waals surface area (Å²) in [7, 11) is 1.68. The first-order chi connectivity index (χ1) is 10.9. The fourth-order valence-corrected chi connectivity index (χ4v) is 2.29. The minimum atomic E-state index is -0.884. The van der Waals surface area contributed by atoms with Gasteiger partial charge in [0.25, 0.3) is 5.91 Å². The molecule has 0 spiro atoms. The molecule has 2 rings (SSSR count). The van der Waals surface area contributed by atoms with Crippen molar-refractivity contribution in [3.63, 3.8) is 0 Å². The molecule has 6 nitrogen and oxygen atoms in total. The molecule has 0 bridgehead atoms. The summed E-state index contributed by atoms with van der Waals surface area (Å²) in [6.07, 6.45) is -0.884. The van der Waals surface area contributed by atoms with Gasteiger partial charge in [-0.15, -0.1) is 0 Å². The zero-order chi connectivity index (χ0) is 17.0. The molecular formula is C17H20N2O4. The maximum atomic E-state index is 12.3. The molecule has 0 saturated carbocycles. The Labute approximate surface area is 135 Å². The van der Waals surface area contributed by atoms with E-state index in [-0.39, 0.29) is 11.5 Å². The second kappa shape index (κ2) is 7.09. The molecule has 1 aromatic heterocycles. The third-order valence-corrected chi connectivity index (χ3v) is 3.51. The Balaban J connectivity index is 1.98. The number of carbonyl (C=O) groups is 2. The number of hydrogen-bond donors (Lipinski definition) is 0. The van der Waals surface area contributed by atoms with E-state index >= 15 is 0 Å². The standard InChI is InChI=1S/C17H20N2O4/c1-11-15(12(2)23-18-11)17(21)22-13(3)16(20)19(4)10-14-8-6-5-7-9-14/h5-9,13H,10H2,1-4H3/t13-/m0/s1. The number of ether oxygens (including phenoxy) is 1. The molecule has 1 aromatic carbocycles. The fourth-order valence-electron chi connectivity index (χ4n) is 2.29. The van der Waals surface area contributed by atoms with Gasteiger partial charge in [0.15, 0.2) is 6.10 Å². The molecule has 6 heteroatoms. The summed E-state index contributed by atoms with van der Waals surface area (Å²) < 4.78 is 10.2. The van der Waals surface area contributed by atoms with Crippen LogP contribution in [-0.4, -0.2) is 35.1 Å².